The number of carbonyl (C=O) groups is 1. The third-order valence-electron chi connectivity index (χ3n) is 4.83. The Balaban J connectivity index is 2.37. The highest BCUT2D eigenvalue weighted by atomic mass is 16.6. The second kappa shape index (κ2) is 6.60. The number of esters is 1. The molecule has 0 amide bonds. The molecule has 0 spiro atoms. The van der Waals surface area contributed by atoms with Crippen molar-refractivity contribution < 1.29 is 9.53 Å². The first kappa shape index (κ1) is 18.2. The van der Waals surface area contributed by atoms with Gasteiger partial charge in [-0.05, 0) is 52.7 Å². The van der Waals surface area contributed by atoms with Gasteiger partial charge in [0, 0.05) is 11.1 Å². The van der Waals surface area contributed by atoms with Crippen LogP contribution in [-0.2, 0) is 9.53 Å². The molecule has 0 bridgehead atoms. The smallest absolute Gasteiger partial charge is 0.340 e. The first-order valence-corrected chi connectivity index (χ1v) is 9.01. The normalized spacial score (nSPS) is 15.8. The molecule has 0 N–H and O–H groups in total. The number of rotatable bonds is 2. The molecular weight excluding hydrogens is 320 g/mol. The van der Waals surface area contributed by atoms with E-state index in [4.69, 9.17) is 4.74 Å². The lowest BCUT2D eigenvalue weighted by Gasteiger charge is -2.20. The lowest BCUT2D eigenvalue weighted by molar-refractivity contribution is -0.142. The van der Waals surface area contributed by atoms with E-state index >= 15 is 0 Å². The first-order chi connectivity index (χ1) is 12.2. The largest absolute Gasteiger partial charge is 0.451 e. The minimum absolute atomic E-state index is 0.248. The molecule has 3 rings (SSSR count). The molecule has 2 aromatic rings. The predicted molar refractivity (Wildman–Crippen MR) is 107 cm³/mol. The summed E-state index contributed by atoms with van der Waals surface area (Å²) in [7, 11) is 0. The number of cyclic esters (lactones) is 1. The Morgan fingerprint density at radius 2 is 1.23 bits per heavy atom. The fourth-order valence-corrected chi connectivity index (χ4v) is 3.71. The van der Waals surface area contributed by atoms with E-state index in [1.807, 2.05) is 27.7 Å². The predicted octanol–water partition coefficient (Wildman–Crippen LogP) is 5.78. The van der Waals surface area contributed by atoms with E-state index in [1.165, 1.54) is 11.1 Å². The van der Waals surface area contributed by atoms with E-state index in [1.54, 1.807) is 0 Å². The van der Waals surface area contributed by atoms with Crippen LogP contribution in [0.25, 0.3) is 5.57 Å². The lowest BCUT2D eigenvalue weighted by Crippen LogP contribution is -2.21. The molecule has 1 aliphatic rings. The van der Waals surface area contributed by atoms with Crippen molar-refractivity contribution in [2.45, 2.75) is 47.1 Å². The molecule has 2 nitrogen and oxygen atoms in total. The first-order valence-electron chi connectivity index (χ1n) is 9.01. The molecule has 0 saturated carbocycles. The minimum atomic E-state index is -0.619. The lowest BCUT2D eigenvalue weighted by atomic mass is 9.83. The van der Waals surface area contributed by atoms with Gasteiger partial charge < -0.3 is 4.74 Å². The third kappa shape index (κ3) is 3.24. The zero-order chi connectivity index (χ0) is 19.1. The van der Waals surface area contributed by atoms with Crippen molar-refractivity contribution in [3.63, 3.8) is 0 Å². The fourth-order valence-electron chi connectivity index (χ4n) is 3.71. The molecule has 1 fully saturated rings. The van der Waals surface area contributed by atoms with Crippen LogP contribution in [0.2, 0.25) is 0 Å². The SMILES string of the molecule is CC(C)=C1C(=C(c2ccc(C)cc2)c2ccc(C)cc2)C(=O)OC1(C)C. The van der Waals surface area contributed by atoms with E-state index in [0.29, 0.717) is 5.57 Å². The highest BCUT2D eigenvalue weighted by molar-refractivity contribution is 6.08. The summed E-state index contributed by atoms with van der Waals surface area (Å²) in [6.07, 6.45) is 0. The summed E-state index contributed by atoms with van der Waals surface area (Å²) in [5, 5.41) is 0. The molecule has 0 unspecified atom stereocenters. The molecule has 2 aromatic carbocycles. The van der Waals surface area contributed by atoms with Crippen molar-refractivity contribution >= 4 is 11.5 Å². The molecule has 1 saturated heterocycles. The van der Waals surface area contributed by atoms with Crippen LogP contribution in [0.3, 0.4) is 0 Å². The summed E-state index contributed by atoms with van der Waals surface area (Å²) in [5.74, 6) is -0.248. The quantitative estimate of drug-likeness (QED) is 0.509. The molecule has 0 radical (unpaired) electrons. The Hall–Kier alpha value is -2.61. The second-order valence-corrected chi connectivity index (χ2v) is 7.76. The Morgan fingerprint density at radius 3 is 1.62 bits per heavy atom. The summed E-state index contributed by atoms with van der Waals surface area (Å²) in [6, 6.07) is 16.7. The van der Waals surface area contributed by atoms with Gasteiger partial charge in [0.1, 0.15) is 5.60 Å². The van der Waals surface area contributed by atoms with Crippen LogP contribution in [-0.4, -0.2) is 11.6 Å². The summed E-state index contributed by atoms with van der Waals surface area (Å²) in [6.45, 7) is 12.1. The highest BCUT2D eigenvalue weighted by Gasteiger charge is 2.43. The van der Waals surface area contributed by atoms with Gasteiger partial charge in [-0.15, -0.1) is 0 Å². The second-order valence-electron chi connectivity index (χ2n) is 7.76. The van der Waals surface area contributed by atoms with Crippen LogP contribution >= 0.6 is 0 Å². The van der Waals surface area contributed by atoms with Crippen molar-refractivity contribution in [3.8, 4) is 0 Å². The van der Waals surface area contributed by atoms with Crippen LogP contribution in [0.5, 0.6) is 0 Å². The summed E-state index contributed by atoms with van der Waals surface area (Å²) in [5.41, 5.74) is 7.54. The molecule has 0 aromatic heterocycles. The number of benzene rings is 2. The summed E-state index contributed by atoms with van der Waals surface area (Å²) < 4.78 is 5.75. The molecule has 26 heavy (non-hydrogen) atoms. The van der Waals surface area contributed by atoms with E-state index in [9.17, 15) is 4.79 Å². The van der Waals surface area contributed by atoms with Gasteiger partial charge in [-0.3, -0.25) is 0 Å². The van der Waals surface area contributed by atoms with Crippen molar-refractivity contribution in [1.82, 2.24) is 0 Å². The Kier molecular flexibility index (Phi) is 4.62. The Bertz CT molecular complexity index is 856. The van der Waals surface area contributed by atoms with E-state index < -0.39 is 5.60 Å². The van der Waals surface area contributed by atoms with E-state index in [-0.39, 0.29) is 5.97 Å². The van der Waals surface area contributed by atoms with Gasteiger partial charge in [0.05, 0.1) is 5.57 Å². The molecule has 2 heteroatoms. The highest BCUT2D eigenvalue weighted by Crippen LogP contribution is 2.43. The van der Waals surface area contributed by atoms with E-state index in [0.717, 1.165) is 27.8 Å². The zero-order valence-electron chi connectivity index (χ0n) is 16.4. The number of ether oxygens (including phenoxy) is 1. The fraction of sp³-hybridized carbons (Fsp3) is 0.292. The third-order valence-corrected chi connectivity index (χ3v) is 4.83. The van der Waals surface area contributed by atoms with Crippen LogP contribution in [0.15, 0.2) is 65.3 Å². The van der Waals surface area contributed by atoms with Gasteiger partial charge in [-0.25, -0.2) is 4.79 Å². The maximum absolute atomic E-state index is 12.9. The Morgan fingerprint density at radius 1 is 0.808 bits per heavy atom. The van der Waals surface area contributed by atoms with Gasteiger partial charge in [-0.2, -0.15) is 0 Å². The molecule has 0 atom stereocenters. The maximum atomic E-state index is 12.9. The standard InChI is InChI=1S/C24H26O2/c1-15(2)22-21(23(25)26-24(22,5)6)20(18-11-7-16(3)8-12-18)19-13-9-17(4)10-14-19/h7-14H,1-6H3. The molecule has 1 aliphatic heterocycles. The minimum Gasteiger partial charge on any atom is -0.451 e. The molecule has 0 aliphatic carbocycles. The Labute approximate surface area is 156 Å². The average molecular weight is 346 g/mol. The van der Waals surface area contributed by atoms with Crippen molar-refractivity contribution in [2.24, 2.45) is 0 Å². The number of hydrogen-bond acceptors (Lipinski definition) is 2. The van der Waals surface area contributed by atoms with Crippen molar-refractivity contribution in [2.75, 3.05) is 0 Å². The molecule has 134 valence electrons. The summed E-state index contributed by atoms with van der Waals surface area (Å²) in [4.78, 5) is 12.9. The summed E-state index contributed by atoms with van der Waals surface area (Å²) >= 11 is 0. The van der Waals surface area contributed by atoms with Gasteiger partial charge in [-0.1, -0.05) is 65.2 Å². The molecule has 1 heterocycles. The monoisotopic (exact) mass is 346 g/mol. The van der Waals surface area contributed by atoms with Crippen LogP contribution < -0.4 is 0 Å². The van der Waals surface area contributed by atoms with Crippen LogP contribution in [0.1, 0.15) is 49.9 Å². The number of aryl methyl sites for hydroxylation is 2. The maximum Gasteiger partial charge on any atom is 0.340 e. The van der Waals surface area contributed by atoms with E-state index in [2.05, 4.69) is 62.4 Å². The van der Waals surface area contributed by atoms with Gasteiger partial charge >= 0.3 is 5.97 Å². The van der Waals surface area contributed by atoms with Crippen LogP contribution in [0.4, 0.5) is 0 Å². The number of hydrogen-bond donors (Lipinski definition) is 0. The van der Waals surface area contributed by atoms with Crippen molar-refractivity contribution in [1.29, 1.82) is 0 Å². The van der Waals surface area contributed by atoms with Crippen LogP contribution in [0, 0.1) is 13.8 Å². The number of allylic oxidation sites excluding steroid dienone is 1. The average Bonchev–Trinajstić information content (AvgIpc) is 2.80. The van der Waals surface area contributed by atoms with Gasteiger partial charge in [0.15, 0.2) is 0 Å². The van der Waals surface area contributed by atoms with Gasteiger partial charge in [0.2, 0.25) is 0 Å². The van der Waals surface area contributed by atoms with Crippen molar-refractivity contribution in [3.05, 3.63) is 87.5 Å². The topological polar surface area (TPSA) is 26.3 Å². The molecular formula is C24H26O2. The number of carbonyl (C=O) groups excluding carboxylic acids is 1. The zero-order valence-corrected chi connectivity index (χ0v) is 16.4. The van der Waals surface area contributed by atoms with Gasteiger partial charge in [0.25, 0.3) is 0 Å².